The highest BCUT2D eigenvalue weighted by molar-refractivity contribution is 7.13. The highest BCUT2D eigenvalue weighted by atomic mass is 32.1. The molecule has 0 spiro atoms. The number of carbonyl (C=O) groups excluding carboxylic acids is 2. The normalized spacial score (nSPS) is 10.2. The van der Waals surface area contributed by atoms with Gasteiger partial charge in [-0.1, -0.05) is 35.9 Å². The quantitative estimate of drug-likeness (QED) is 0.719. The molecule has 0 atom stereocenters. The number of carbonyl (C=O) groups is 2. The Hall–Kier alpha value is -3.06. The lowest BCUT2D eigenvalue weighted by Crippen LogP contribution is -2.42. The van der Waals surface area contributed by atoms with Crippen molar-refractivity contribution in [2.24, 2.45) is 0 Å². The van der Waals surface area contributed by atoms with Gasteiger partial charge in [-0.25, -0.2) is 4.98 Å². The fraction of sp³-hybridized carbons (Fsp3) is 0.0588. The van der Waals surface area contributed by atoms with Crippen LogP contribution in [-0.4, -0.2) is 21.8 Å². The standard InChI is InChI=1S/C17H14N4O2S/c1-11-5-7-12(8-6-11)17-19-14(10-24-17)16(23)21-20-15(22)13-4-2-3-9-18-13/h2-10H,1H3,(H,20,22)(H,21,23). The number of pyridine rings is 1. The first-order valence-electron chi connectivity index (χ1n) is 7.18. The van der Waals surface area contributed by atoms with Crippen LogP contribution in [0.3, 0.4) is 0 Å². The number of thiazole rings is 1. The molecule has 0 aliphatic rings. The van der Waals surface area contributed by atoms with Gasteiger partial charge in [0.15, 0.2) is 0 Å². The minimum absolute atomic E-state index is 0.219. The fourth-order valence-corrected chi connectivity index (χ4v) is 2.75. The number of hydrogen-bond acceptors (Lipinski definition) is 5. The largest absolute Gasteiger partial charge is 0.289 e. The van der Waals surface area contributed by atoms with Gasteiger partial charge >= 0.3 is 0 Å². The molecule has 0 fully saturated rings. The van der Waals surface area contributed by atoms with Crippen molar-refractivity contribution in [2.75, 3.05) is 0 Å². The van der Waals surface area contributed by atoms with Gasteiger partial charge in [0, 0.05) is 17.1 Å². The van der Waals surface area contributed by atoms with E-state index >= 15 is 0 Å². The Morgan fingerprint density at radius 3 is 2.33 bits per heavy atom. The maximum atomic E-state index is 12.1. The molecule has 24 heavy (non-hydrogen) atoms. The lowest BCUT2D eigenvalue weighted by molar-refractivity contribution is 0.0841. The van der Waals surface area contributed by atoms with Crippen LogP contribution < -0.4 is 10.9 Å². The number of nitrogens with zero attached hydrogens (tertiary/aromatic N) is 2. The second kappa shape index (κ2) is 7.01. The van der Waals surface area contributed by atoms with Crippen molar-refractivity contribution in [3.05, 3.63) is 71.0 Å². The molecule has 2 heterocycles. The van der Waals surface area contributed by atoms with Gasteiger partial charge in [0.25, 0.3) is 11.8 Å². The highest BCUT2D eigenvalue weighted by Crippen LogP contribution is 2.23. The van der Waals surface area contributed by atoms with E-state index in [1.165, 1.54) is 17.5 Å². The van der Waals surface area contributed by atoms with Crippen molar-refractivity contribution in [3.8, 4) is 10.6 Å². The van der Waals surface area contributed by atoms with Crippen molar-refractivity contribution in [1.29, 1.82) is 0 Å². The van der Waals surface area contributed by atoms with Crippen molar-refractivity contribution in [3.63, 3.8) is 0 Å². The molecule has 0 saturated carbocycles. The first-order chi connectivity index (χ1) is 11.6. The lowest BCUT2D eigenvalue weighted by atomic mass is 10.2. The van der Waals surface area contributed by atoms with E-state index < -0.39 is 11.8 Å². The van der Waals surface area contributed by atoms with Crippen LogP contribution in [0, 0.1) is 6.92 Å². The van der Waals surface area contributed by atoms with Gasteiger partial charge in [-0.15, -0.1) is 11.3 Å². The zero-order valence-electron chi connectivity index (χ0n) is 12.8. The first kappa shape index (κ1) is 15.8. The molecule has 3 aromatic rings. The van der Waals surface area contributed by atoms with E-state index in [2.05, 4.69) is 20.8 Å². The molecule has 0 aliphatic heterocycles. The average Bonchev–Trinajstić information content (AvgIpc) is 3.11. The summed E-state index contributed by atoms with van der Waals surface area (Å²) in [5, 5.41) is 2.40. The van der Waals surface area contributed by atoms with Crippen molar-refractivity contribution < 1.29 is 9.59 Å². The summed E-state index contributed by atoms with van der Waals surface area (Å²) >= 11 is 1.37. The number of hydrogen-bond donors (Lipinski definition) is 2. The second-order valence-electron chi connectivity index (χ2n) is 5.03. The Morgan fingerprint density at radius 1 is 0.958 bits per heavy atom. The molecule has 2 N–H and O–H groups in total. The number of rotatable bonds is 3. The lowest BCUT2D eigenvalue weighted by Gasteiger charge is -2.05. The third-order valence-corrected chi connectivity index (χ3v) is 4.11. The van der Waals surface area contributed by atoms with Gasteiger partial charge in [0.05, 0.1) is 0 Å². The minimum atomic E-state index is -0.488. The number of aryl methyl sites for hydroxylation is 1. The summed E-state index contributed by atoms with van der Waals surface area (Å²) in [6.45, 7) is 2.01. The van der Waals surface area contributed by atoms with E-state index in [1.807, 2.05) is 31.2 Å². The summed E-state index contributed by atoms with van der Waals surface area (Å²) in [4.78, 5) is 32.1. The van der Waals surface area contributed by atoms with Crippen LogP contribution in [0.15, 0.2) is 54.0 Å². The van der Waals surface area contributed by atoms with Gasteiger partial charge in [-0.3, -0.25) is 25.4 Å². The highest BCUT2D eigenvalue weighted by Gasteiger charge is 2.13. The Morgan fingerprint density at radius 2 is 1.67 bits per heavy atom. The molecule has 0 bridgehead atoms. The average molecular weight is 338 g/mol. The van der Waals surface area contributed by atoms with Crippen LogP contribution >= 0.6 is 11.3 Å². The first-order valence-corrected chi connectivity index (χ1v) is 8.06. The Balaban J connectivity index is 1.64. The SMILES string of the molecule is Cc1ccc(-c2nc(C(=O)NNC(=O)c3ccccn3)cs2)cc1. The summed E-state index contributed by atoms with van der Waals surface area (Å²) < 4.78 is 0. The molecule has 0 saturated heterocycles. The molecular weight excluding hydrogens is 324 g/mol. The van der Waals surface area contributed by atoms with Crippen LogP contribution in [0.1, 0.15) is 26.5 Å². The summed E-state index contributed by atoms with van der Waals surface area (Å²) in [7, 11) is 0. The molecular formula is C17H14N4O2S. The van der Waals surface area contributed by atoms with Crippen molar-refractivity contribution in [1.82, 2.24) is 20.8 Å². The number of amides is 2. The Labute approximate surface area is 142 Å². The molecule has 7 heteroatoms. The third-order valence-electron chi connectivity index (χ3n) is 3.22. The van der Waals surface area contributed by atoms with E-state index in [4.69, 9.17) is 0 Å². The van der Waals surface area contributed by atoms with Gasteiger partial charge < -0.3 is 0 Å². The van der Waals surface area contributed by atoms with Crippen LogP contribution in [-0.2, 0) is 0 Å². The van der Waals surface area contributed by atoms with Crippen LogP contribution in [0.2, 0.25) is 0 Å². The fourth-order valence-electron chi connectivity index (χ4n) is 1.95. The Kier molecular flexibility index (Phi) is 4.62. The molecule has 1 aromatic carbocycles. The van der Waals surface area contributed by atoms with Crippen LogP contribution in [0.5, 0.6) is 0 Å². The summed E-state index contributed by atoms with van der Waals surface area (Å²) in [5.74, 6) is -0.966. The second-order valence-corrected chi connectivity index (χ2v) is 5.89. The van der Waals surface area contributed by atoms with E-state index in [-0.39, 0.29) is 11.4 Å². The third kappa shape index (κ3) is 3.64. The molecule has 6 nitrogen and oxygen atoms in total. The van der Waals surface area contributed by atoms with Gasteiger partial charge in [-0.2, -0.15) is 0 Å². The van der Waals surface area contributed by atoms with Crippen LogP contribution in [0.25, 0.3) is 10.6 Å². The molecule has 0 radical (unpaired) electrons. The zero-order valence-corrected chi connectivity index (χ0v) is 13.6. The van der Waals surface area contributed by atoms with Crippen molar-refractivity contribution in [2.45, 2.75) is 6.92 Å². The number of nitrogens with one attached hydrogen (secondary N) is 2. The van der Waals surface area contributed by atoms with Gasteiger partial charge in [0.2, 0.25) is 0 Å². The van der Waals surface area contributed by atoms with E-state index in [0.29, 0.717) is 0 Å². The summed E-state index contributed by atoms with van der Waals surface area (Å²) in [6, 6.07) is 12.8. The molecule has 0 unspecified atom stereocenters. The van der Waals surface area contributed by atoms with Gasteiger partial charge in [-0.05, 0) is 19.1 Å². The van der Waals surface area contributed by atoms with E-state index in [1.54, 1.807) is 23.6 Å². The van der Waals surface area contributed by atoms with Crippen LogP contribution in [0.4, 0.5) is 0 Å². The summed E-state index contributed by atoms with van der Waals surface area (Å²) in [6.07, 6.45) is 1.50. The topological polar surface area (TPSA) is 84.0 Å². The number of benzene rings is 1. The summed E-state index contributed by atoms with van der Waals surface area (Å²) in [5.41, 5.74) is 7.22. The Bertz CT molecular complexity index is 860. The predicted octanol–water partition coefficient (Wildman–Crippen LogP) is 2.59. The number of hydrazine groups is 1. The minimum Gasteiger partial charge on any atom is -0.266 e. The smallest absolute Gasteiger partial charge is 0.266 e. The zero-order chi connectivity index (χ0) is 16.9. The molecule has 3 rings (SSSR count). The predicted molar refractivity (Wildman–Crippen MR) is 91.5 cm³/mol. The maximum Gasteiger partial charge on any atom is 0.289 e. The molecule has 120 valence electrons. The van der Waals surface area contributed by atoms with Gasteiger partial charge in [0.1, 0.15) is 16.4 Å². The van der Waals surface area contributed by atoms with E-state index in [0.717, 1.165) is 16.1 Å². The molecule has 0 aliphatic carbocycles. The monoisotopic (exact) mass is 338 g/mol. The molecule has 2 amide bonds. The number of aromatic nitrogens is 2. The van der Waals surface area contributed by atoms with E-state index in [9.17, 15) is 9.59 Å². The van der Waals surface area contributed by atoms with Crippen molar-refractivity contribution >= 4 is 23.2 Å². The maximum absolute atomic E-state index is 12.1. The molecule has 2 aromatic heterocycles.